The topological polar surface area (TPSA) is 86.7 Å². The van der Waals surface area contributed by atoms with Crippen molar-refractivity contribution in [2.45, 2.75) is 43.3 Å². The first-order valence-electron chi connectivity index (χ1n) is 9.90. The molecule has 0 aliphatic rings. The summed E-state index contributed by atoms with van der Waals surface area (Å²) in [6.45, 7) is 3.54. The van der Waals surface area contributed by atoms with Crippen LogP contribution < -0.4 is 4.74 Å². The van der Waals surface area contributed by atoms with Crippen LogP contribution in [0.4, 0.5) is 0 Å². The van der Waals surface area contributed by atoms with E-state index in [1.807, 2.05) is 0 Å². The van der Waals surface area contributed by atoms with Crippen LogP contribution in [0.3, 0.4) is 0 Å². The lowest BCUT2D eigenvalue weighted by atomic mass is 9.91. The van der Waals surface area contributed by atoms with Crippen molar-refractivity contribution in [3.8, 4) is 5.75 Å². The fourth-order valence-corrected chi connectivity index (χ4v) is 5.72. The van der Waals surface area contributed by atoms with Gasteiger partial charge in [0, 0.05) is 6.42 Å². The molecule has 162 valence electrons. The van der Waals surface area contributed by atoms with Crippen LogP contribution in [0.1, 0.15) is 33.1 Å². The zero-order valence-corrected chi connectivity index (χ0v) is 18.3. The summed E-state index contributed by atoms with van der Waals surface area (Å²) in [7, 11) is -2.52. The second-order valence-corrected chi connectivity index (χ2v) is 9.48. The Morgan fingerprint density at radius 1 is 0.933 bits per heavy atom. The Labute approximate surface area is 178 Å². The number of rotatable bonds is 10. The van der Waals surface area contributed by atoms with Crippen molar-refractivity contribution >= 4 is 21.8 Å². The van der Waals surface area contributed by atoms with Crippen LogP contribution >= 0.6 is 0 Å². The summed E-state index contributed by atoms with van der Waals surface area (Å²) < 4.78 is 37.0. The number of methoxy groups -OCH3 is 1. The molecule has 0 radical (unpaired) electrons. The maximum Gasteiger partial charge on any atom is 0.315 e. The number of carbonyl (C=O) groups is 2. The second-order valence-electron chi connectivity index (χ2n) is 7.38. The van der Waals surface area contributed by atoms with E-state index in [1.165, 1.54) is 19.2 Å². The first kappa shape index (κ1) is 23.6. The van der Waals surface area contributed by atoms with Crippen LogP contribution in [0.25, 0.3) is 0 Å². The highest BCUT2D eigenvalue weighted by Crippen LogP contribution is 2.32. The molecule has 2 aromatic rings. The zero-order valence-electron chi connectivity index (χ0n) is 17.5. The monoisotopic (exact) mass is 432 g/mol. The van der Waals surface area contributed by atoms with Crippen molar-refractivity contribution in [2.24, 2.45) is 11.8 Å². The number of esters is 2. The molecule has 2 rings (SSSR count). The molecule has 30 heavy (non-hydrogen) atoms. The molecule has 0 heterocycles. The van der Waals surface area contributed by atoms with Gasteiger partial charge in [-0.25, -0.2) is 8.42 Å². The molecule has 7 heteroatoms. The van der Waals surface area contributed by atoms with E-state index in [4.69, 9.17) is 4.74 Å². The zero-order chi connectivity index (χ0) is 22.1. The van der Waals surface area contributed by atoms with Crippen LogP contribution in [-0.2, 0) is 24.2 Å². The van der Waals surface area contributed by atoms with Gasteiger partial charge >= 0.3 is 11.9 Å². The molecule has 0 aliphatic carbocycles. The van der Waals surface area contributed by atoms with Gasteiger partial charge in [-0.3, -0.25) is 9.59 Å². The first-order chi connectivity index (χ1) is 14.3. The lowest BCUT2D eigenvalue weighted by Gasteiger charge is -2.28. The largest absolute Gasteiger partial charge is 0.469 e. The summed E-state index contributed by atoms with van der Waals surface area (Å²) in [6, 6.07) is 16.6. The highest BCUT2D eigenvalue weighted by Gasteiger charge is 2.41. The number of sulfone groups is 1. The quantitative estimate of drug-likeness (QED) is 0.416. The summed E-state index contributed by atoms with van der Waals surface area (Å²) in [6.07, 6.45) is 0.603. The molecule has 0 aromatic heterocycles. The van der Waals surface area contributed by atoms with E-state index in [2.05, 4.69) is 4.74 Å². The molecule has 0 fully saturated rings. The van der Waals surface area contributed by atoms with E-state index < -0.39 is 32.9 Å². The van der Waals surface area contributed by atoms with Crippen LogP contribution in [0, 0.1) is 11.8 Å². The van der Waals surface area contributed by atoms with E-state index >= 15 is 0 Å². The number of hydrogen-bond donors (Lipinski definition) is 0. The summed E-state index contributed by atoms with van der Waals surface area (Å²) in [5.74, 6) is -1.96. The number of hydrogen-bond acceptors (Lipinski definition) is 6. The minimum Gasteiger partial charge on any atom is -0.469 e. The minimum absolute atomic E-state index is 0.0990. The van der Waals surface area contributed by atoms with Crippen molar-refractivity contribution in [1.82, 2.24) is 0 Å². The molecule has 0 aliphatic heterocycles. The van der Waals surface area contributed by atoms with E-state index in [-0.39, 0.29) is 23.7 Å². The van der Waals surface area contributed by atoms with Gasteiger partial charge in [0.05, 0.1) is 23.2 Å². The van der Waals surface area contributed by atoms with E-state index in [0.29, 0.717) is 12.2 Å². The minimum atomic E-state index is -3.81. The van der Waals surface area contributed by atoms with E-state index in [9.17, 15) is 18.0 Å². The molecule has 2 atom stereocenters. The van der Waals surface area contributed by atoms with Crippen LogP contribution in [-0.4, -0.2) is 32.7 Å². The van der Waals surface area contributed by atoms with E-state index in [0.717, 1.165) is 0 Å². The average Bonchev–Trinajstić information content (AvgIpc) is 2.73. The third kappa shape index (κ3) is 6.16. The third-order valence-electron chi connectivity index (χ3n) is 4.87. The highest BCUT2D eigenvalue weighted by molar-refractivity contribution is 7.92. The molecule has 0 N–H and O–H groups in total. The van der Waals surface area contributed by atoms with Crippen molar-refractivity contribution in [2.75, 3.05) is 7.11 Å². The first-order valence-corrected chi connectivity index (χ1v) is 11.4. The molecule has 2 aromatic carbocycles. The predicted octanol–water partition coefficient (Wildman–Crippen LogP) is 4.05. The molecule has 0 saturated carbocycles. The summed E-state index contributed by atoms with van der Waals surface area (Å²) >= 11 is 0. The van der Waals surface area contributed by atoms with Crippen molar-refractivity contribution in [1.29, 1.82) is 0 Å². The normalized spacial score (nSPS) is 13.5. The highest BCUT2D eigenvalue weighted by atomic mass is 32.2. The number of benzene rings is 2. The Kier molecular flexibility index (Phi) is 8.59. The van der Waals surface area contributed by atoms with Crippen molar-refractivity contribution < 1.29 is 27.5 Å². The van der Waals surface area contributed by atoms with Crippen molar-refractivity contribution in [3.63, 3.8) is 0 Å². The van der Waals surface area contributed by atoms with Gasteiger partial charge in [-0.2, -0.15) is 0 Å². The molecule has 0 bridgehead atoms. The van der Waals surface area contributed by atoms with E-state index in [1.54, 1.807) is 62.4 Å². The lowest BCUT2D eigenvalue weighted by molar-refractivity contribution is -0.142. The Morgan fingerprint density at radius 2 is 1.50 bits per heavy atom. The molecule has 0 saturated heterocycles. The maximum absolute atomic E-state index is 13.4. The van der Waals surface area contributed by atoms with Gasteiger partial charge in [0.1, 0.15) is 5.75 Å². The lowest BCUT2D eigenvalue weighted by Crippen LogP contribution is -2.41. The number of carbonyl (C=O) groups excluding carboxylic acids is 2. The Morgan fingerprint density at radius 3 is 2.03 bits per heavy atom. The maximum atomic E-state index is 13.4. The smallest absolute Gasteiger partial charge is 0.315 e. The molecule has 0 amide bonds. The van der Waals surface area contributed by atoms with Crippen LogP contribution in [0.2, 0.25) is 0 Å². The summed E-state index contributed by atoms with van der Waals surface area (Å²) in [5.41, 5.74) is 0. The van der Waals surface area contributed by atoms with Gasteiger partial charge in [0.2, 0.25) is 0 Å². The fourth-order valence-electron chi connectivity index (χ4n) is 3.47. The third-order valence-corrected chi connectivity index (χ3v) is 7.39. The molecule has 0 spiro atoms. The Balaban J connectivity index is 2.37. The second kappa shape index (κ2) is 10.9. The van der Waals surface area contributed by atoms with Crippen LogP contribution in [0.15, 0.2) is 65.6 Å². The van der Waals surface area contributed by atoms with Gasteiger partial charge in [-0.15, -0.1) is 0 Å². The fraction of sp³-hybridized carbons (Fsp3) is 0.391. The van der Waals surface area contributed by atoms with Gasteiger partial charge < -0.3 is 9.47 Å². The standard InChI is InChI=1S/C23H28O6S/c1-17(2)22(30(26,27)19-13-8-5-9-14-19)20(15-10-16-21(24)28-3)23(25)29-18-11-6-4-7-12-18/h4-9,11-14,17,20,22H,10,15-16H2,1-3H3/t20-,22-/m0/s1. The average molecular weight is 433 g/mol. The Bertz CT molecular complexity index is 923. The summed E-state index contributed by atoms with van der Waals surface area (Å²) in [4.78, 5) is 24.8. The molecule has 0 unspecified atom stereocenters. The molecule has 6 nitrogen and oxygen atoms in total. The predicted molar refractivity (Wildman–Crippen MR) is 114 cm³/mol. The number of ether oxygens (including phenoxy) is 2. The van der Waals surface area contributed by atoms with Crippen molar-refractivity contribution in [3.05, 3.63) is 60.7 Å². The molecular weight excluding hydrogens is 404 g/mol. The van der Waals surface area contributed by atoms with Gasteiger partial charge in [-0.05, 0) is 43.0 Å². The van der Waals surface area contributed by atoms with Gasteiger partial charge in [0.15, 0.2) is 9.84 Å². The van der Waals surface area contributed by atoms with Gasteiger partial charge in [-0.1, -0.05) is 50.2 Å². The SMILES string of the molecule is COC(=O)CCC[C@H](C(=O)Oc1ccccc1)[C@H](C(C)C)S(=O)(=O)c1ccccc1. The molecular formula is C23H28O6S. The van der Waals surface area contributed by atoms with Crippen LogP contribution in [0.5, 0.6) is 5.75 Å². The Hall–Kier alpha value is -2.67. The van der Waals surface area contributed by atoms with Gasteiger partial charge in [0.25, 0.3) is 0 Å². The number of para-hydroxylation sites is 1. The summed E-state index contributed by atoms with van der Waals surface area (Å²) in [5, 5.41) is -0.992.